The maximum atomic E-state index is 11.9. The van der Waals surface area contributed by atoms with Gasteiger partial charge in [-0.05, 0) is 26.2 Å². The summed E-state index contributed by atoms with van der Waals surface area (Å²) in [6, 6.07) is 0.245. The molecular weight excluding hydrogens is 238 g/mol. The van der Waals surface area contributed by atoms with E-state index in [0.29, 0.717) is 18.3 Å². The minimum atomic E-state index is -2.94. The van der Waals surface area contributed by atoms with Gasteiger partial charge in [-0.3, -0.25) is 4.99 Å². The summed E-state index contributed by atoms with van der Waals surface area (Å²) in [6.07, 6.45) is 2.54. The summed E-state index contributed by atoms with van der Waals surface area (Å²) in [5.41, 5.74) is 5.57. The lowest BCUT2D eigenvalue weighted by Crippen LogP contribution is -2.60. The highest BCUT2D eigenvalue weighted by atomic mass is 32.2. The highest BCUT2D eigenvalue weighted by Crippen LogP contribution is 2.34. The van der Waals surface area contributed by atoms with Crippen molar-refractivity contribution in [2.75, 3.05) is 18.1 Å². The first-order chi connectivity index (χ1) is 7.90. The molecular formula is C11H21N3O2S. The van der Waals surface area contributed by atoms with Gasteiger partial charge in [0.1, 0.15) is 0 Å². The number of hydrogen-bond acceptors (Lipinski definition) is 5. The zero-order valence-electron chi connectivity index (χ0n) is 10.5. The molecule has 1 saturated heterocycles. The summed E-state index contributed by atoms with van der Waals surface area (Å²) in [6.45, 7) is 4.69. The number of nitrogens with two attached hydrogens (primary N) is 1. The van der Waals surface area contributed by atoms with Crippen LogP contribution < -0.4 is 5.73 Å². The van der Waals surface area contributed by atoms with Gasteiger partial charge in [-0.2, -0.15) is 0 Å². The van der Waals surface area contributed by atoms with E-state index >= 15 is 0 Å². The number of nitrogens with zero attached hydrogens (tertiary/aromatic N) is 2. The van der Waals surface area contributed by atoms with Crippen molar-refractivity contribution in [1.29, 1.82) is 0 Å². The van der Waals surface area contributed by atoms with E-state index in [1.807, 2.05) is 4.90 Å². The first-order valence-electron chi connectivity index (χ1n) is 6.20. The Morgan fingerprint density at radius 1 is 1.59 bits per heavy atom. The van der Waals surface area contributed by atoms with Gasteiger partial charge in [0.25, 0.3) is 0 Å². The molecule has 2 rings (SSSR count). The Hall–Kier alpha value is -0.780. The molecule has 2 N–H and O–H groups in total. The molecule has 17 heavy (non-hydrogen) atoms. The molecule has 0 aromatic carbocycles. The summed E-state index contributed by atoms with van der Waals surface area (Å²) < 4.78 is 23.7. The molecule has 0 radical (unpaired) electrons. The number of sulfone groups is 1. The van der Waals surface area contributed by atoms with Crippen molar-refractivity contribution >= 4 is 15.8 Å². The lowest BCUT2D eigenvalue weighted by Gasteiger charge is -2.44. The van der Waals surface area contributed by atoms with Gasteiger partial charge in [0.2, 0.25) is 0 Å². The normalized spacial score (nSPS) is 33.8. The lowest BCUT2D eigenvalue weighted by atomic mass is 9.92. The van der Waals surface area contributed by atoms with E-state index in [2.05, 4.69) is 18.8 Å². The second-order valence-corrected chi connectivity index (χ2v) is 7.41. The minimum Gasteiger partial charge on any atom is -0.370 e. The summed E-state index contributed by atoms with van der Waals surface area (Å²) in [7, 11) is -2.94. The Balaban J connectivity index is 2.31. The molecule has 0 bridgehead atoms. The molecule has 2 heterocycles. The van der Waals surface area contributed by atoms with E-state index in [4.69, 9.17) is 5.73 Å². The third-order valence-electron chi connectivity index (χ3n) is 3.91. The van der Waals surface area contributed by atoms with Crippen molar-refractivity contribution in [3.8, 4) is 0 Å². The molecule has 1 fully saturated rings. The molecule has 0 amide bonds. The monoisotopic (exact) mass is 259 g/mol. The van der Waals surface area contributed by atoms with Crippen molar-refractivity contribution in [2.24, 2.45) is 10.7 Å². The van der Waals surface area contributed by atoms with Gasteiger partial charge in [0.05, 0.1) is 23.6 Å². The Bertz CT molecular complexity index is 432. The fraction of sp³-hybridized carbons (Fsp3) is 0.909. The van der Waals surface area contributed by atoms with Crippen molar-refractivity contribution in [2.45, 2.75) is 44.7 Å². The molecule has 1 spiro atoms. The molecule has 98 valence electrons. The van der Waals surface area contributed by atoms with Gasteiger partial charge in [-0.25, -0.2) is 8.42 Å². The summed E-state index contributed by atoms with van der Waals surface area (Å²) in [4.78, 5) is 6.33. The standard InChI is InChI=1S/C11H21N3O2S/c1-3-9(2)14-10(12)13-7-11(14)5-4-6-17(15,16)8-11/h9H,3-8H2,1-2H3,(H2,12,13). The molecule has 0 aliphatic carbocycles. The lowest BCUT2D eigenvalue weighted by molar-refractivity contribution is 0.157. The van der Waals surface area contributed by atoms with E-state index < -0.39 is 9.84 Å². The van der Waals surface area contributed by atoms with Crippen LogP contribution in [0.3, 0.4) is 0 Å². The number of rotatable bonds is 2. The average Bonchev–Trinajstić information content (AvgIpc) is 2.53. The van der Waals surface area contributed by atoms with Gasteiger partial charge in [0, 0.05) is 6.04 Å². The van der Waals surface area contributed by atoms with Crippen LogP contribution in [0.5, 0.6) is 0 Å². The van der Waals surface area contributed by atoms with Crippen molar-refractivity contribution in [3.05, 3.63) is 0 Å². The third-order valence-corrected chi connectivity index (χ3v) is 5.80. The van der Waals surface area contributed by atoms with Gasteiger partial charge >= 0.3 is 0 Å². The SMILES string of the molecule is CCC(C)N1C(N)=NCC12CCCS(=O)(=O)C2. The van der Waals surface area contributed by atoms with Crippen LogP contribution in [0.4, 0.5) is 0 Å². The first-order valence-corrected chi connectivity index (χ1v) is 8.02. The van der Waals surface area contributed by atoms with Gasteiger partial charge in [-0.15, -0.1) is 0 Å². The van der Waals surface area contributed by atoms with Crippen LogP contribution in [0.2, 0.25) is 0 Å². The van der Waals surface area contributed by atoms with Gasteiger partial charge in [0.15, 0.2) is 15.8 Å². The number of guanidine groups is 1. The second kappa shape index (κ2) is 4.15. The predicted molar refractivity (Wildman–Crippen MR) is 68.7 cm³/mol. The molecule has 6 heteroatoms. The van der Waals surface area contributed by atoms with E-state index in [-0.39, 0.29) is 17.3 Å². The Morgan fingerprint density at radius 2 is 2.29 bits per heavy atom. The topological polar surface area (TPSA) is 75.8 Å². The van der Waals surface area contributed by atoms with Crippen molar-refractivity contribution in [3.63, 3.8) is 0 Å². The second-order valence-electron chi connectivity index (χ2n) is 5.22. The zero-order valence-corrected chi connectivity index (χ0v) is 11.3. The van der Waals surface area contributed by atoms with Crippen LogP contribution in [0, 0.1) is 0 Å². The summed E-state index contributed by atoms with van der Waals surface area (Å²) in [5.74, 6) is 1.02. The minimum absolute atomic E-state index is 0.203. The molecule has 2 aliphatic rings. The van der Waals surface area contributed by atoms with E-state index in [1.165, 1.54) is 0 Å². The summed E-state index contributed by atoms with van der Waals surface area (Å²) in [5, 5.41) is 0. The Morgan fingerprint density at radius 3 is 2.88 bits per heavy atom. The largest absolute Gasteiger partial charge is 0.370 e. The van der Waals surface area contributed by atoms with E-state index in [0.717, 1.165) is 19.3 Å². The number of aliphatic imine (C=N–C) groups is 1. The van der Waals surface area contributed by atoms with Crippen LogP contribution in [-0.4, -0.2) is 48.9 Å². The molecule has 2 unspecified atom stereocenters. The fourth-order valence-corrected chi connectivity index (χ4v) is 4.91. The predicted octanol–water partition coefficient (Wildman–Crippen LogP) is 0.363. The van der Waals surface area contributed by atoms with Crippen LogP contribution >= 0.6 is 0 Å². The smallest absolute Gasteiger partial charge is 0.192 e. The van der Waals surface area contributed by atoms with Crippen molar-refractivity contribution in [1.82, 2.24) is 4.90 Å². The fourth-order valence-electron chi connectivity index (χ4n) is 2.99. The molecule has 0 aromatic heterocycles. The Kier molecular flexibility index (Phi) is 3.10. The molecule has 5 nitrogen and oxygen atoms in total. The molecule has 2 atom stereocenters. The van der Waals surface area contributed by atoms with E-state index in [1.54, 1.807) is 0 Å². The van der Waals surface area contributed by atoms with Crippen LogP contribution in [0.15, 0.2) is 4.99 Å². The average molecular weight is 259 g/mol. The number of hydrogen-bond donors (Lipinski definition) is 1. The maximum Gasteiger partial charge on any atom is 0.192 e. The van der Waals surface area contributed by atoms with Crippen LogP contribution in [-0.2, 0) is 9.84 Å². The van der Waals surface area contributed by atoms with Gasteiger partial charge in [-0.1, -0.05) is 6.92 Å². The highest BCUT2D eigenvalue weighted by Gasteiger charge is 2.48. The highest BCUT2D eigenvalue weighted by molar-refractivity contribution is 7.91. The van der Waals surface area contributed by atoms with Gasteiger partial charge < -0.3 is 10.6 Å². The molecule has 2 aliphatic heterocycles. The van der Waals surface area contributed by atoms with Crippen molar-refractivity contribution < 1.29 is 8.42 Å². The molecule has 0 aromatic rings. The molecule has 0 saturated carbocycles. The Labute approximate surface area is 103 Å². The third kappa shape index (κ3) is 2.14. The van der Waals surface area contributed by atoms with Crippen LogP contribution in [0.1, 0.15) is 33.1 Å². The quantitative estimate of drug-likeness (QED) is 0.777. The van der Waals surface area contributed by atoms with E-state index in [9.17, 15) is 8.42 Å². The maximum absolute atomic E-state index is 11.9. The first kappa shape index (κ1) is 12.7. The summed E-state index contributed by atoms with van der Waals surface area (Å²) >= 11 is 0. The zero-order chi connectivity index (χ0) is 12.7. The van der Waals surface area contributed by atoms with Crippen LogP contribution in [0.25, 0.3) is 0 Å².